The van der Waals surface area contributed by atoms with Crippen molar-refractivity contribution in [3.05, 3.63) is 28.2 Å². The summed E-state index contributed by atoms with van der Waals surface area (Å²) in [5, 5.41) is 0. The van der Waals surface area contributed by atoms with E-state index in [1.807, 2.05) is 0 Å². The molecule has 1 fully saturated rings. The van der Waals surface area contributed by atoms with Crippen molar-refractivity contribution in [1.29, 1.82) is 0 Å². The molecule has 7 nitrogen and oxygen atoms in total. The number of ether oxygens (including phenoxy) is 1. The number of aldehydes is 1. The maximum absolute atomic E-state index is 12.1. The van der Waals surface area contributed by atoms with Crippen LogP contribution in [0.25, 0.3) is 0 Å². The van der Waals surface area contributed by atoms with E-state index in [4.69, 9.17) is 4.74 Å². The molecular weight excluding hydrogens is 388 g/mol. The van der Waals surface area contributed by atoms with Gasteiger partial charge in [-0.2, -0.15) is 4.31 Å². The lowest BCUT2D eigenvalue weighted by Crippen LogP contribution is -2.51. The van der Waals surface area contributed by atoms with Crippen LogP contribution in [0.15, 0.2) is 22.7 Å². The van der Waals surface area contributed by atoms with Crippen molar-refractivity contribution >= 4 is 38.1 Å². The summed E-state index contributed by atoms with van der Waals surface area (Å²) in [4.78, 5) is 24.7. The van der Waals surface area contributed by atoms with E-state index in [9.17, 15) is 18.0 Å². The number of sulfonamides is 1. The van der Waals surface area contributed by atoms with Crippen LogP contribution in [-0.2, 0) is 14.8 Å². The summed E-state index contributed by atoms with van der Waals surface area (Å²) in [6, 6.07) is 4.94. The number of hydrogen-bond acceptors (Lipinski definition) is 5. The SMILES string of the molecule is CS(=O)(=O)N1CCN(C(=O)COc2ccc(Br)cc2C=O)CC1. The summed E-state index contributed by atoms with van der Waals surface area (Å²) >= 11 is 3.26. The lowest BCUT2D eigenvalue weighted by Gasteiger charge is -2.33. The van der Waals surface area contributed by atoms with Crippen LogP contribution in [0, 0.1) is 0 Å². The van der Waals surface area contributed by atoms with Crippen LogP contribution < -0.4 is 4.74 Å². The second-order valence-electron chi connectivity index (χ2n) is 5.13. The van der Waals surface area contributed by atoms with Gasteiger partial charge < -0.3 is 9.64 Å². The number of hydrogen-bond donors (Lipinski definition) is 0. The standard InChI is InChI=1S/C14H17BrN2O5S/c1-23(20,21)17-6-4-16(5-7-17)14(19)10-22-13-3-2-12(15)8-11(13)9-18/h2-3,8-9H,4-7,10H2,1H3. The first-order chi connectivity index (χ1) is 10.8. The van der Waals surface area contributed by atoms with E-state index in [0.717, 1.165) is 10.7 Å². The van der Waals surface area contributed by atoms with Gasteiger partial charge in [0, 0.05) is 30.7 Å². The van der Waals surface area contributed by atoms with Crippen LogP contribution in [0.4, 0.5) is 0 Å². The van der Waals surface area contributed by atoms with Gasteiger partial charge in [0.15, 0.2) is 12.9 Å². The summed E-state index contributed by atoms with van der Waals surface area (Å²) < 4.78 is 30.4. The van der Waals surface area contributed by atoms with Gasteiger partial charge in [-0.05, 0) is 18.2 Å². The van der Waals surface area contributed by atoms with Gasteiger partial charge in [-0.3, -0.25) is 9.59 Å². The highest BCUT2D eigenvalue weighted by Gasteiger charge is 2.26. The van der Waals surface area contributed by atoms with Crippen molar-refractivity contribution in [3.63, 3.8) is 0 Å². The van der Waals surface area contributed by atoms with E-state index >= 15 is 0 Å². The third-order valence-corrected chi connectivity index (χ3v) is 5.31. The predicted molar refractivity (Wildman–Crippen MR) is 88.0 cm³/mol. The summed E-state index contributed by atoms with van der Waals surface area (Å²) in [6.45, 7) is 1.03. The Hall–Kier alpha value is -1.45. The molecule has 1 aromatic rings. The van der Waals surface area contributed by atoms with Crippen molar-refractivity contribution in [2.75, 3.05) is 39.0 Å². The van der Waals surface area contributed by atoms with Gasteiger partial charge in [0.2, 0.25) is 10.0 Å². The topological polar surface area (TPSA) is 84.0 Å². The molecule has 2 rings (SSSR count). The molecule has 0 saturated carbocycles. The van der Waals surface area contributed by atoms with E-state index in [0.29, 0.717) is 30.7 Å². The van der Waals surface area contributed by atoms with Gasteiger partial charge >= 0.3 is 0 Å². The van der Waals surface area contributed by atoms with Gasteiger partial charge in [0.25, 0.3) is 5.91 Å². The average Bonchev–Trinajstić information content (AvgIpc) is 2.52. The Labute approximate surface area is 143 Å². The molecule has 0 N–H and O–H groups in total. The highest BCUT2D eigenvalue weighted by molar-refractivity contribution is 9.10. The smallest absolute Gasteiger partial charge is 0.260 e. The van der Waals surface area contributed by atoms with Crippen molar-refractivity contribution in [2.45, 2.75) is 0 Å². The van der Waals surface area contributed by atoms with Crippen LogP contribution in [0.2, 0.25) is 0 Å². The zero-order valence-corrected chi connectivity index (χ0v) is 15.0. The second kappa shape index (κ2) is 7.41. The first kappa shape index (κ1) is 17.9. The number of rotatable bonds is 5. The molecule has 0 spiro atoms. The molecule has 1 heterocycles. The number of amides is 1. The van der Waals surface area contributed by atoms with Gasteiger partial charge in [-0.25, -0.2) is 8.42 Å². The molecule has 126 valence electrons. The molecule has 0 unspecified atom stereocenters. The van der Waals surface area contributed by atoms with Crippen LogP contribution in [0.3, 0.4) is 0 Å². The molecule has 9 heteroatoms. The minimum Gasteiger partial charge on any atom is -0.483 e. The Balaban J connectivity index is 1.90. The average molecular weight is 405 g/mol. The summed E-state index contributed by atoms with van der Waals surface area (Å²) in [7, 11) is -3.22. The van der Waals surface area contributed by atoms with E-state index in [1.165, 1.54) is 4.31 Å². The summed E-state index contributed by atoms with van der Waals surface area (Å²) in [6.07, 6.45) is 1.82. The number of carbonyl (C=O) groups is 2. The fourth-order valence-electron chi connectivity index (χ4n) is 2.24. The molecule has 1 aromatic carbocycles. The fraction of sp³-hybridized carbons (Fsp3) is 0.429. The largest absolute Gasteiger partial charge is 0.483 e. The van der Waals surface area contributed by atoms with E-state index in [1.54, 1.807) is 23.1 Å². The highest BCUT2D eigenvalue weighted by Crippen LogP contribution is 2.21. The molecule has 1 aliphatic heterocycles. The Morgan fingerprint density at radius 3 is 2.52 bits per heavy atom. The molecule has 0 bridgehead atoms. The number of piperazine rings is 1. The lowest BCUT2D eigenvalue weighted by atomic mass is 10.2. The zero-order valence-electron chi connectivity index (χ0n) is 12.6. The molecule has 0 aliphatic carbocycles. The minimum atomic E-state index is -3.22. The van der Waals surface area contributed by atoms with Crippen LogP contribution in [-0.4, -0.2) is 68.9 Å². The van der Waals surface area contributed by atoms with Gasteiger partial charge in [0.05, 0.1) is 11.8 Å². The van der Waals surface area contributed by atoms with Crippen LogP contribution in [0.5, 0.6) is 5.75 Å². The predicted octanol–water partition coefficient (Wildman–Crippen LogP) is 0.744. The number of carbonyl (C=O) groups excluding carboxylic acids is 2. The Morgan fingerprint density at radius 2 is 1.96 bits per heavy atom. The molecule has 1 amide bonds. The number of benzene rings is 1. The summed E-state index contributed by atoms with van der Waals surface area (Å²) in [5.74, 6) is 0.101. The van der Waals surface area contributed by atoms with E-state index in [2.05, 4.69) is 15.9 Å². The first-order valence-corrected chi connectivity index (χ1v) is 9.56. The van der Waals surface area contributed by atoms with E-state index < -0.39 is 10.0 Å². The molecule has 0 aromatic heterocycles. The Kier molecular flexibility index (Phi) is 5.77. The number of halogens is 1. The van der Waals surface area contributed by atoms with Gasteiger partial charge in [-0.1, -0.05) is 15.9 Å². The Bertz CT molecular complexity index is 699. The normalized spacial score (nSPS) is 16.2. The highest BCUT2D eigenvalue weighted by atomic mass is 79.9. The van der Waals surface area contributed by atoms with E-state index in [-0.39, 0.29) is 25.6 Å². The third kappa shape index (κ3) is 4.76. The van der Waals surface area contributed by atoms with Crippen LogP contribution >= 0.6 is 15.9 Å². The lowest BCUT2D eigenvalue weighted by molar-refractivity contribution is -0.134. The molecule has 0 radical (unpaired) electrons. The first-order valence-electron chi connectivity index (χ1n) is 6.91. The van der Waals surface area contributed by atoms with Crippen molar-refractivity contribution in [1.82, 2.24) is 9.21 Å². The summed E-state index contributed by atoms with van der Waals surface area (Å²) in [5.41, 5.74) is 0.356. The molecule has 0 atom stereocenters. The maximum Gasteiger partial charge on any atom is 0.260 e. The van der Waals surface area contributed by atoms with Crippen molar-refractivity contribution < 1.29 is 22.7 Å². The van der Waals surface area contributed by atoms with Crippen molar-refractivity contribution in [2.24, 2.45) is 0 Å². The molecule has 23 heavy (non-hydrogen) atoms. The monoisotopic (exact) mass is 404 g/mol. The Morgan fingerprint density at radius 1 is 1.30 bits per heavy atom. The second-order valence-corrected chi connectivity index (χ2v) is 8.03. The molecule has 1 saturated heterocycles. The van der Waals surface area contributed by atoms with Gasteiger partial charge in [-0.15, -0.1) is 0 Å². The quantitative estimate of drug-likeness (QED) is 0.675. The maximum atomic E-state index is 12.1. The number of nitrogens with zero attached hydrogens (tertiary/aromatic N) is 2. The van der Waals surface area contributed by atoms with Crippen LogP contribution in [0.1, 0.15) is 10.4 Å². The fourth-order valence-corrected chi connectivity index (χ4v) is 3.45. The molecule has 1 aliphatic rings. The zero-order chi connectivity index (χ0) is 17.0. The van der Waals surface area contributed by atoms with Gasteiger partial charge in [0.1, 0.15) is 5.75 Å². The molecular formula is C14H17BrN2O5S. The minimum absolute atomic E-state index is 0.193. The third-order valence-electron chi connectivity index (χ3n) is 3.51. The van der Waals surface area contributed by atoms with Crippen molar-refractivity contribution in [3.8, 4) is 5.75 Å².